The molecule has 0 N–H and O–H groups in total. The molecule has 2 aliphatic heterocycles. The highest BCUT2D eigenvalue weighted by Gasteiger charge is 2.57. The van der Waals surface area contributed by atoms with Crippen molar-refractivity contribution in [3.05, 3.63) is 0 Å². The fraction of sp³-hybridized carbons (Fsp3) is 0.944. The summed E-state index contributed by atoms with van der Waals surface area (Å²) < 4.78 is 18.0. The fourth-order valence-corrected chi connectivity index (χ4v) is 4.13. The molecule has 0 aromatic carbocycles. The number of amides is 1. The van der Waals surface area contributed by atoms with Crippen LogP contribution in [0, 0.1) is 11.8 Å². The molecule has 0 aromatic rings. The number of likely N-dealkylation sites (tertiary alicyclic amines) is 1. The summed E-state index contributed by atoms with van der Waals surface area (Å²) in [6.07, 6.45) is 1.96. The summed E-state index contributed by atoms with van der Waals surface area (Å²) in [6, 6.07) is 0. The molecule has 2 atom stereocenters. The first-order valence-electron chi connectivity index (χ1n) is 9.21. The second-order valence-electron chi connectivity index (χ2n) is 9.76. The molecular weight excluding hydrogens is 305 g/mol. The van der Waals surface area contributed by atoms with Crippen molar-refractivity contribution in [3.8, 4) is 0 Å². The molecule has 1 aliphatic carbocycles. The van der Waals surface area contributed by atoms with Gasteiger partial charge in [0.2, 0.25) is 0 Å². The minimum Gasteiger partial charge on any atom is -0.444 e. The van der Waals surface area contributed by atoms with Crippen LogP contribution in [-0.4, -0.2) is 48.0 Å². The van der Waals surface area contributed by atoms with Gasteiger partial charge >= 0.3 is 13.2 Å². The van der Waals surface area contributed by atoms with Crippen LogP contribution in [0.2, 0.25) is 5.82 Å². The summed E-state index contributed by atoms with van der Waals surface area (Å²) in [4.78, 5) is 14.1. The van der Waals surface area contributed by atoms with Gasteiger partial charge in [-0.2, -0.15) is 0 Å². The first kappa shape index (κ1) is 18.1. The lowest BCUT2D eigenvalue weighted by Gasteiger charge is -2.32. The standard InChI is InChI=1S/C18H32BNO4/c1-16(2,3)22-15(21)20-10-12-8-14(9-13(12)11-20)19-23-17(4,5)18(6,7)24-19/h12-14H,8-11H2,1-7H3. The van der Waals surface area contributed by atoms with E-state index in [1.165, 1.54) is 0 Å². The Morgan fingerprint density at radius 3 is 1.92 bits per heavy atom. The lowest BCUT2D eigenvalue weighted by molar-refractivity contribution is 0.00578. The minimum absolute atomic E-state index is 0.115. The Labute approximate surface area is 146 Å². The summed E-state index contributed by atoms with van der Waals surface area (Å²) in [6.45, 7) is 15.8. The minimum atomic E-state index is -0.431. The lowest BCUT2D eigenvalue weighted by atomic mass is 9.70. The maximum Gasteiger partial charge on any atom is 0.461 e. The van der Waals surface area contributed by atoms with Crippen LogP contribution in [0.4, 0.5) is 4.79 Å². The van der Waals surface area contributed by atoms with Crippen LogP contribution in [0.15, 0.2) is 0 Å². The van der Waals surface area contributed by atoms with Crippen LogP contribution in [-0.2, 0) is 14.0 Å². The predicted octanol–water partition coefficient (Wildman–Crippen LogP) is 3.73. The summed E-state index contributed by atoms with van der Waals surface area (Å²) in [7, 11) is -0.115. The highest BCUT2D eigenvalue weighted by Crippen LogP contribution is 2.50. The molecule has 0 radical (unpaired) electrons. The van der Waals surface area contributed by atoms with Crippen molar-refractivity contribution in [2.75, 3.05) is 13.1 Å². The van der Waals surface area contributed by atoms with Gasteiger partial charge in [-0.15, -0.1) is 0 Å². The largest absolute Gasteiger partial charge is 0.461 e. The second-order valence-corrected chi connectivity index (χ2v) is 9.76. The zero-order valence-electron chi connectivity index (χ0n) is 16.2. The highest BCUT2D eigenvalue weighted by molar-refractivity contribution is 6.47. The molecule has 3 aliphatic rings. The van der Waals surface area contributed by atoms with Crippen molar-refractivity contribution in [2.24, 2.45) is 11.8 Å². The van der Waals surface area contributed by atoms with Crippen LogP contribution in [0.3, 0.4) is 0 Å². The molecule has 2 heterocycles. The average Bonchev–Trinajstić information content (AvgIpc) is 2.97. The normalized spacial score (nSPS) is 34.5. The third kappa shape index (κ3) is 3.32. The molecule has 3 rings (SSSR count). The van der Waals surface area contributed by atoms with E-state index >= 15 is 0 Å². The van der Waals surface area contributed by atoms with Crippen LogP contribution in [0.5, 0.6) is 0 Å². The van der Waals surface area contributed by atoms with Gasteiger partial charge in [-0.05, 0) is 79.0 Å². The molecule has 2 unspecified atom stereocenters. The highest BCUT2D eigenvalue weighted by atomic mass is 16.7. The van der Waals surface area contributed by atoms with Gasteiger partial charge in [-0.25, -0.2) is 4.79 Å². The summed E-state index contributed by atoms with van der Waals surface area (Å²) in [5.74, 6) is 1.52. The third-order valence-electron chi connectivity index (χ3n) is 6.10. The van der Waals surface area contributed by atoms with E-state index in [2.05, 4.69) is 27.7 Å². The summed E-state index contributed by atoms with van der Waals surface area (Å²) >= 11 is 0. The van der Waals surface area contributed by atoms with Crippen molar-refractivity contribution in [2.45, 2.75) is 83.9 Å². The first-order valence-corrected chi connectivity index (χ1v) is 9.21. The SMILES string of the molecule is CC(C)(C)OC(=O)N1CC2CC(B3OC(C)(C)C(C)(C)O3)CC2C1. The van der Waals surface area contributed by atoms with E-state index in [1.54, 1.807) is 0 Å². The lowest BCUT2D eigenvalue weighted by Crippen LogP contribution is -2.41. The second kappa shape index (κ2) is 5.63. The van der Waals surface area contributed by atoms with E-state index in [0.717, 1.165) is 25.9 Å². The maximum atomic E-state index is 12.3. The fourth-order valence-electron chi connectivity index (χ4n) is 4.13. The van der Waals surface area contributed by atoms with E-state index in [9.17, 15) is 4.79 Å². The van der Waals surface area contributed by atoms with Crippen molar-refractivity contribution >= 4 is 13.2 Å². The topological polar surface area (TPSA) is 48.0 Å². The number of fused-ring (bicyclic) bond motifs is 1. The van der Waals surface area contributed by atoms with Crippen LogP contribution < -0.4 is 0 Å². The van der Waals surface area contributed by atoms with E-state index in [0.29, 0.717) is 17.7 Å². The smallest absolute Gasteiger partial charge is 0.444 e. The number of hydrogen-bond acceptors (Lipinski definition) is 4. The number of rotatable bonds is 1. The molecule has 2 saturated heterocycles. The molecule has 0 bridgehead atoms. The maximum absolute atomic E-state index is 12.3. The van der Waals surface area contributed by atoms with Crippen LogP contribution >= 0.6 is 0 Å². The molecule has 6 heteroatoms. The molecule has 136 valence electrons. The Balaban J connectivity index is 1.56. The Hall–Kier alpha value is -0.745. The van der Waals surface area contributed by atoms with Gasteiger partial charge in [-0.1, -0.05) is 0 Å². The summed E-state index contributed by atoms with van der Waals surface area (Å²) in [5, 5.41) is 0. The molecule has 5 nitrogen and oxygen atoms in total. The quantitative estimate of drug-likeness (QED) is 0.684. The van der Waals surface area contributed by atoms with Gasteiger partial charge < -0.3 is 18.9 Å². The van der Waals surface area contributed by atoms with E-state index in [1.807, 2.05) is 25.7 Å². The molecule has 0 spiro atoms. The summed E-state index contributed by atoms with van der Waals surface area (Å²) in [5.41, 5.74) is -0.962. The Bertz CT molecular complexity index is 484. The zero-order valence-corrected chi connectivity index (χ0v) is 16.2. The number of ether oxygens (including phenoxy) is 1. The first-order chi connectivity index (χ1) is 10.9. The van der Waals surface area contributed by atoms with Gasteiger partial charge in [-0.3, -0.25) is 0 Å². The van der Waals surface area contributed by atoms with Crippen molar-refractivity contribution in [1.29, 1.82) is 0 Å². The van der Waals surface area contributed by atoms with Crippen LogP contribution in [0.25, 0.3) is 0 Å². The van der Waals surface area contributed by atoms with E-state index in [4.69, 9.17) is 14.0 Å². The number of carbonyl (C=O) groups is 1. The van der Waals surface area contributed by atoms with Crippen LogP contribution in [0.1, 0.15) is 61.3 Å². The predicted molar refractivity (Wildman–Crippen MR) is 93.9 cm³/mol. The molecule has 3 fully saturated rings. The molecule has 0 aromatic heterocycles. The third-order valence-corrected chi connectivity index (χ3v) is 6.10. The van der Waals surface area contributed by atoms with E-state index < -0.39 is 5.60 Å². The number of carbonyl (C=O) groups excluding carboxylic acids is 1. The molecule has 1 saturated carbocycles. The van der Waals surface area contributed by atoms with Gasteiger partial charge in [0.1, 0.15) is 5.60 Å². The molecule has 24 heavy (non-hydrogen) atoms. The van der Waals surface area contributed by atoms with Crippen molar-refractivity contribution in [1.82, 2.24) is 4.90 Å². The number of hydrogen-bond donors (Lipinski definition) is 0. The zero-order chi connectivity index (χ0) is 17.9. The number of nitrogens with zero attached hydrogens (tertiary/aromatic N) is 1. The van der Waals surface area contributed by atoms with Gasteiger partial charge in [0.25, 0.3) is 0 Å². The Kier molecular flexibility index (Phi) is 4.24. The van der Waals surface area contributed by atoms with Gasteiger partial charge in [0, 0.05) is 13.1 Å². The Morgan fingerprint density at radius 2 is 1.50 bits per heavy atom. The average molecular weight is 337 g/mol. The van der Waals surface area contributed by atoms with Crippen molar-refractivity contribution in [3.63, 3.8) is 0 Å². The van der Waals surface area contributed by atoms with Gasteiger partial charge in [0.05, 0.1) is 11.2 Å². The van der Waals surface area contributed by atoms with Gasteiger partial charge in [0.15, 0.2) is 0 Å². The van der Waals surface area contributed by atoms with Crippen molar-refractivity contribution < 1.29 is 18.8 Å². The molecule has 1 amide bonds. The Morgan fingerprint density at radius 1 is 1.04 bits per heavy atom. The van der Waals surface area contributed by atoms with E-state index in [-0.39, 0.29) is 24.4 Å². The monoisotopic (exact) mass is 337 g/mol. The molecular formula is C18H32BNO4.